The molecule has 0 spiro atoms. The second-order valence-electron chi connectivity index (χ2n) is 4.46. The summed E-state index contributed by atoms with van der Waals surface area (Å²) in [6.07, 6.45) is 0. The quantitative estimate of drug-likeness (QED) is 0.613. The predicted octanol–water partition coefficient (Wildman–Crippen LogP) is 4.31. The number of aryl methyl sites for hydroxylation is 1. The summed E-state index contributed by atoms with van der Waals surface area (Å²) >= 11 is 0. The van der Waals surface area contributed by atoms with Gasteiger partial charge in [-0.05, 0) is 23.1 Å². The van der Waals surface area contributed by atoms with Crippen LogP contribution in [0.25, 0.3) is 0 Å². The molecule has 3 rings (SSSR count). The third-order valence-electron chi connectivity index (χ3n) is 2.86. The molecule has 3 aromatic carbocycles. The van der Waals surface area contributed by atoms with Gasteiger partial charge in [0.15, 0.2) is 0 Å². The molecule has 3 aromatic rings. The van der Waals surface area contributed by atoms with E-state index in [1.165, 1.54) is 16.2 Å². The molecule has 0 aliphatic carbocycles. The summed E-state index contributed by atoms with van der Waals surface area (Å²) in [5, 5.41) is 2.85. The molecule has 0 aliphatic heterocycles. The van der Waals surface area contributed by atoms with Gasteiger partial charge in [-0.1, -0.05) is 99.6 Å². The summed E-state index contributed by atoms with van der Waals surface area (Å²) in [6, 6.07) is 31.2. The molecule has 0 aliphatic rings. The first-order valence-corrected chi connectivity index (χ1v) is 7.74. The van der Waals surface area contributed by atoms with Gasteiger partial charge < -0.3 is 0 Å². The van der Waals surface area contributed by atoms with Gasteiger partial charge in [-0.25, -0.2) is 0 Å². The first-order chi connectivity index (χ1) is 9.86. The first kappa shape index (κ1) is 14.5. The molecule has 1 unspecified atom stereocenters. The maximum absolute atomic E-state index is 2.21. The zero-order valence-electron chi connectivity index (χ0n) is 11.7. The summed E-state index contributed by atoms with van der Waals surface area (Å²) in [4.78, 5) is 0. The van der Waals surface area contributed by atoms with Gasteiger partial charge in [0.05, 0.1) is 0 Å². The van der Waals surface area contributed by atoms with Crippen LogP contribution >= 0.6 is 8.58 Å². The van der Waals surface area contributed by atoms with Crippen molar-refractivity contribution in [1.82, 2.24) is 0 Å². The fraction of sp³-hybridized carbons (Fsp3) is 0.0526. The molecule has 100 valence electrons. The largest absolute Gasteiger partial charge is 0.0623 e. The van der Waals surface area contributed by atoms with Crippen LogP contribution in [0.3, 0.4) is 0 Å². The summed E-state index contributed by atoms with van der Waals surface area (Å²) in [5.41, 5.74) is 1.38. The van der Waals surface area contributed by atoms with Crippen LogP contribution < -0.4 is 10.6 Å². The Balaban J connectivity index is 0.000000205. The van der Waals surface area contributed by atoms with Gasteiger partial charge in [-0.15, -0.1) is 0 Å². The van der Waals surface area contributed by atoms with Gasteiger partial charge in [-0.3, -0.25) is 0 Å². The van der Waals surface area contributed by atoms with Crippen molar-refractivity contribution in [2.45, 2.75) is 6.92 Å². The molecule has 0 bridgehead atoms. The third kappa shape index (κ3) is 4.99. The lowest BCUT2D eigenvalue weighted by Crippen LogP contribution is -2.05. The average molecular weight is 278 g/mol. The van der Waals surface area contributed by atoms with Crippen molar-refractivity contribution in [3.63, 3.8) is 0 Å². The van der Waals surface area contributed by atoms with Crippen LogP contribution in [-0.4, -0.2) is 0 Å². The monoisotopic (exact) mass is 278 g/mol. The van der Waals surface area contributed by atoms with E-state index in [0.717, 1.165) is 8.58 Å². The topological polar surface area (TPSA) is 0 Å². The molecule has 0 nitrogen and oxygen atoms in total. The molecule has 0 saturated heterocycles. The van der Waals surface area contributed by atoms with Crippen molar-refractivity contribution < 1.29 is 0 Å². The predicted molar refractivity (Wildman–Crippen MR) is 91.6 cm³/mol. The smallest absolute Gasteiger partial charge is 0.0197 e. The fourth-order valence-electron chi connectivity index (χ4n) is 1.78. The number of benzene rings is 3. The zero-order valence-corrected chi connectivity index (χ0v) is 12.7. The van der Waals surface area contributed by atoms with Crippen LogP contribution in [0, 0.1) is 6.92 Å². The van der Waals surface area contributed by atoms with E-state index in [1.807, 2.05) is 36.4 Å². The summed E-state index contributed by atoms with van der Waals surface area (Å²) < 4.78 is 0. The maximum atomic E-state index is 2.21. The number of hydrogen-bond acceptors (Lipinski definition) is 0. The standard InChI is InChI=1S/C13H13P.C6H6/c1-11-7-5-6-10-13(11)14-12-8-3-2-4-9-12;1-2-4-6-5-3-1/h2-10,14H,1H3;1-6H. The fourth-order valence-corrected chi connectivity index (χ4v) is 2.91. The maximum Gasteiger partial charge on any atom is -0.0197 e. The lowest BCUT2D eigenvalue weighted by atomic mass is 10.2. The Kier molecular flexibility index (Phi) is 6.02. The van der Waals surface area contributed by atoms with E-state index in [4.69, 9.17) is 0 Å². The van der Waals surface area contributed by atoms with Crippen LogP contribution in [0.2, 0.25) is 0 Å². The normalized spacial score (nSPS) is 10.1. The van der Waals surface area contributed by atoms with Crippen LogP contribution in [0.1, 0.15) is 5.56 Å². The van der Waals surface area contributed by atoms with Crippen molar-refractivity contribution in [3.8, 4) is 0 Å². The van der Waals surface area contributed by atoms with E-state index in [9.17, 15) is 0 Å². The number of hydrogen-bond donors (Lipinski definition) is 0. The Morgan fingerprint density at radius 2 is 1.00 bits per heavy atom. The Labute approximate surface area is 123 Å². The zero-order chi connectivity index (χ0) is 14.0. The third-order valence-corrected chi connectivity index (χ3v) is 4.32. The van der Waals surface area contributed by atoms with E-state index in [-0.39, 0.29) is 0 Å². The van der Waals surface area contributed by atoms with Gasteiger partial charge in [0.2, 0.25) is 0 Å². The molecule has 1 heteroatoms. The highest BCUT2D eigenvalue weighted by molar-refractivity contribution is 7.55. The highest BCUT2D eigenvalue weighted by Crippen LogP contribution is 2.12. The van der Waals surface area contributed by atoms with Crippen LogP contribution in [0.5, 0.6) is 0 Å². The summed E-state index contributed by atoms with van der Waals surface area (Å²) in [7, 11) is 0.776. The van der Waals surface area contributed by atoms with Crippen molar-refractivity contribution >= 4 is 19.2 Å². The van der Waals surface area contributed by atoms with Crippen molar-refractivity contribution in [2.75, 3.05) is 0 Å². The van der Waals surface area contributed by atoms with E-state index in [0.29, 0.717) is 0 Å². The lowest BCUT2D eigenvalue weighted by molar-refractivity contribution is 1.52. The minimum atomic E-state index is 0.776. The van der Waals surface area contributed by atoms with E-state index < -0.39 is 0 Å². The molecule has 1 atom stereocenters. The van der Waals surface area contributed by atoms with Gasteiger partial charge in [0.1, 0.15) is 0 Å². The first-order valence-electron chi connectivity index (χ1n) is 6.74. The minimum absolute atomic E-state index is 0.776. The molecule has 0 aromatic heterocycles. The average Bonchev–Trinajstić information content (AvgIpc) is 2.53. The van der Waals surface area contributed by atoms with Gasteiger partial charge in [0.25, 0.3) is 0 Å². The Hall–Kier alpha value is -1.91. The Bertz CT molecular complexity index is 576. The SMILES string of the molecule is Cc1ccccc1Pc1ccccc1.c1ccccc1. The van der Waals surface area contributed by atoms with Crippen LogP contribution in [0.4, 0.5) is 0 Å². The van der Waals surface area contributed by atoms with Crippen molar-refractivity contribution in [1.29, 1.82) is 0 Å². The highest BCUT2D eigenvalue weighted by Gasteiger charge is 1.97. The Morgan fingerprint density at radius 1 is 0.550 bits per heavy atom. The van der Waals surface area contributed by atoms with Crippen molar-refractivity contribution in [3.05, 3.63) is 96.6 Å². The molecule has 0 saturated carbocycles. The summed E-state index contributed by atoms with van der Waals surface area (Å²) in [6.45, 7) is 2.17. The molecule has 0 heterocycles. The van der Waals surface area contributed by atoms with Crippen molar-refractivity contribution in [2.24, 2.45) is 0 Å². The molecule has 20 heavy (non-hydrogen) atoms. The van der Waals surface area contributed by atoms with E-state index in [1.54, 1.807) is 0 Å². The molecular formula is C19H19P. The second-order valence-corrected chi connectivity index (χ2v) is 5.83. The second kappa shape index (κ2) is 8.30. The Morgan fingerprint density at radius 3 is 1.55 bits per heavy atom. The molecular weight excluding hydrogens is 259 g/mol. The van der Waals surface area contributed by atoms with Gasteiger partial charge >= 0.3 is 0 Å². The van der Waals surface area contributed by atoms with Crippen LogP contribution in [-0.2, 0) is 0 Å². The van der Waals surface area contributed by atoms with Crippen LogP contribution in [0.15, 0.2) is 91.0 Å². The van der Waals surface area contributed by atoms with Gasteiger partial charge in [-0.2, -0.15) is 0 Å². The molecule has 0 fully saturated rings. The molecule has 0 N–H and O–H groups in total. The minimum Gasteiger partial charge on any atom is -0.0623 e. The van der Waals surface area contributed by atoms with E-state index >= 15 is 0 Å². The number of rotatable bonds is 2. The lowest BCUT2D eigenvalue weighted by Gasteiger charge is -2.04. The summed E-state index contributed by atoms with van der Waals surface area (Å²) in [5.74, 6) is 0. The highest BCUT2D eigenvalue weighted by atomic mass is 31.1. The van der Waals surface area contributed by atoms with E-state index in [2.05, 4.69) is 61.5 Å². The molecule has 0 amide bonds. The molecule has 0 radical (unpaired) electrons. The van der Waals surface area contributed by atoms with Gasteiger partial charge in [0, 0.05) is 0 Å².